The normalized spacial score (nSPS) is 16.5. The molecule has 0 rings (SSSR count). The van der Waals surface area contributed by atoms with E-state index in [-0.39, 0.29) is 23.5 Å². The highest BCUT2D eigenvalue weighted by molar-refractivity contribution is 7.80. The first-order valence-corrected chi connectivity index (χ1v) is 10.5. The van der Waals surface area contributed by atoms with Crippen molar-refractivity contribution < 1.29 is 24.3 Å². The molecule has 6 N–H and O–H groups in total. The number of nitrogens with one attached hydrogen (secondary N) is 3. The highest BCUT2D eigenvalue weighted by Crippen LogP contribution is 2.12. The summed E-state index contributed by atoms with van der Waals surface area (Å²) in [7, 11) is 0. The number of amides is 3. The van der Waals surface area contributed by atoms with Gasteiger partial charge < -0.3 is 26.8 Å². The smallest absolute Gasteiger partial charge is 0.326 e. The maximum absolute atomic E-state index is 12.8. The van der Waals surface area contributed by atoms with Crippen molar-refractivity contribution in [3.05, 3.63) is 0 Å². The van der Waals surface area contributed by atoms with Gasteiger partial charge in [-0.3, -0.25) is 14.4 Å². The van der Waals surface area contributed by atoms with Crippen LogP contribution in [0.2, 0.25) is 0 Å². The second-order valence-electron chi connectivity index (χ2n) is 7.96. The minimum atomic E-state index is -1.14. The minimum absolute atomic E-state index is 0.127. The molecule has 0 aliphatic rings. The molecule has 0 aromatic carbocycles. The van der Waals surface area contributed by atoms with Crippen LogP contribution in [0.4, 0.5) is 0 Å². The molecule has 0 aromatic rings. The summed E-state index contributed by atoms with van der Waals surface area (Å²) in [6.45, 7) is 10.5. The first kappa shape index (κ1) is 27.2. The number of carbonyl (C=O) groups is 4. The van der Waals surface area contributed by atoms with Gasteiger partial charge in [-0.1, -0.05) is 48.0 Å². The van der Waals surface area contributed by atoms with Gasteiger partial charge in [-0.05, 0) is 17.8 Å². The molecular formula is C19H36N4O5S. The van der Waals surface area contributed by atoms with Gasteiger partial charge in [0.05, 0.1) is 6.04 Å². The van der Waals surface area contributed by atoms with Crippen molar-refractivity contribution in [1.82, 2.24) is 16.0 Å². The average Bonchev–Trinajstić information content (AvgIpc) is 2.65. The van der Waals surface area contributed by atoms with Crippen molar-refractivity contribution in [2.75, 3.05) is 5.75 Å². The van der Waals surface area contributed by atoms with Gasteiger partial charge in [-0.2, -0.15) is 12.6 Å². The summed E-state index contributed by atoms with van der Waals surface area (Å²) >= 11 is 3.98. The summed E-state index contributed by atoms with van der Waals surface area (Å²) in [4.78, 5) is 49.1. The summed E-state index contributed by atoms with van der Waals surface area (Å²) in [5.74, 6) is -3.46. The Morgan fingerprint density at radius 2 is 1.24 bits per heavy atom. The molecule has 0 bridgehead atoms. The van der Waals surface area contributed by atoms with Crippen LogP contribution in [-0.2, 0) is 19.2 Å². The second kappa shape index (κ2) is 12.7. The highest BCUT2D eigenvalue weighted by Gasteiger charge is 2.34. The van der Waals surface area contributed by atoms with Gasteiger partial charge in [0.1, 0.15) is 18.1 Å². The monoisotopic (exact) mass is 432 g/mol. The molecular weight excluding hydrogens is 396 g/mol. The Labute approximate surface area is 178 Å². The molecule has 0 spiro atoms. The van der Waals surface area contributed by atoms with Crippen molar-refractivity contribution in [3.8, 4) is 0 Å². The van der Waals surface area contributed by atoms with Crippen LogP contribution in [0.25, 0.3) is 0 Å². The van der Waals surface area contributed by atoms with E-state index in [1.165, 1.54) is 0 Å². The zero-order valence-corrected chi connectivity index (χ0v) is 19.0. The van der Waals surface area contributed by atoms with Crippen molar-refractivity contribution in [2.24, 2.45) is 23.5 Å². The third kappa shape index (κ3) is 8.61. The Morgan fingerprint density at radius 3 is 1.62 bits per heavy atom. The SMILES string of the molecule is CCC(C)C(NC(=O)C(NC(=O)C(N)CS)C(C)C)C(=O)NC(C(=O)O)C(C)C. The molecule has 9 nitrogen and oxygen atoms in total. The number of carbonyl (C=O) groups excluding carboxylic acids is 3. The predicted molar refractivity (Wildman–Crippen MR) is 114 cm³/mol. The first-order valence-electron chi connectivity index (χ1n) is 9.87. The summed E-state index contributed by atoms with van der Waals surface area (Å²) < 4.78 is 0. The van der Waals surface area contributed by atoms with Crippen LogP contribution in [0.3, 0.4) is 0 Å². The number of hydrogen-bond acceptors (Lipinski definition) is 6. The zero-order valence-electron chi connectivity index (χ0n) is 18.1. The Balaban J connectivity index is 5.46. The van der Waals surface area contributed by atoms with Crippen molar-refractivity contribution in [3.63, 3.8) is 0 Å². The summed E-state index contributed by atoms with van der Waals surface area (Å²) in [5, 5.41) is 17.1. The molecule has 0 aromatic heterocycles. The maximum atomic E-state index is 12.8. The van der Waals surface area contributed by atoms with Gasteiger partial charge in [0.15, 0.2) is 0 Å². The standard InChI is InChI=1S/C19H36N4O5S/c1-7-11(6)15(18(26)22-14(10(4)5)19(27)28)23-17(25)13(9(2)3)21-16(24)12(20)8-29/h9-15,29H,7-8,20H2,1-6H3,(H,21,24)(H,22,26)(H,23,25)(H,27,28). The lowest BCUT2D eigenvalue weighted by Gasteiger charge is -2.29. The summed E-state index contributed by atoms with van der Waals surface area (Å²) in [5.41, 5.74) is 5.66. The first-order chi connectivity index (χ1) is 13.4. The molecule has 0 fully saturated rings. The van der Waals surface area contributed by atoms with Crippen LogP contribution in [-0.4, -0.2) is 58.7 Å². The van der Waals surface area contributed by atoms with E-state index in [2.05, 4.69) is 28.6 Å². The van der Waals surface area contributed by atoms with E-state index in [4.69, 9.17) is 5.73 Å². The average molecular weight is 433 g/mol. The number of carboxylic acid groups (broad SMARTS) is 1. The number of rotatable bonds is 12. The third-order valence-electron chi connectivity index (χ3n) is 4.80. The van der Waals surface area contributed by atoms with Crippen molar-refractivity contribution >= 4 is 36.3 Å². The lowest BCUT2D eigenvalue weighted by molar-refractivity contribution is -0.144. The van der Waals surface area contributed by atoms with Crippen LogP contribution in [0.1, 0.15) is 48.0 Å². The topological polar surface area (TPSA) is 151 Å². The number of carboxylic acids is 1. The van der Waals surface area contributed by atoms with E-state index in [0.29, 0.717) is 6.42 Å². The number of aliphatic carboxylic acids is 1. The molecule has 0 aliphatic carbocycles. The highest BCUT2D eigenvalue weighted by atomic mass is 32.1. The molecule has 3 amide bonds. The van der Waals surface area contributed by atoms with Crippen LogP contribution in [0.5, 0.6) is 0 Å². The van der Waals surface area contributed by atoms with Gasteiger partial charge in [-0.15, -0.1) is 0 Å². The van der Waals surface area contributed by atoms with E-state index in [0.717, 1.165) is 0 Å². The minimum Gasteiger partial charge on any atom is -0.480 e. The fourth-order valence-corrected chi connectivity index (χ4v) is 2.75. The quantitative estimate of drug-likeness (QED) is 0.241. The number of hydrogen-bond donors (Lipinski definition) is 6. The molecule has 0 aliphatic heterocycles. The van der Waals surface area contributed by atoms with Crippen LogP contribution in [0.15, 0.2) is 0 Å². The third-order valence-corrected chi connectivity index (χ3v) is 5.20. The molecule has 5 unspecified atom stereocenters. The molecule has 0 radical (unpaired) electrons. The molecule has 5 atom stereocenters. The van der Waals surface area contributed by atoms with Gasteiger partial charge >= 0.3 is 5.97 Å². The van der Waals surface area contributed by atoms with Crippen LogP contribution < -0.4 is 21.7 Å². The number of nitrogens with two attached hydrogens (primary N) is 1. The molecule has 0 heterocycles. The van der Waals surface area contributed by atoms with E-state index in [1.54, 1.807) is 34.6 Å². The van der Waals surface area contributed by atoms with Crippen molar-refractivity contribution in [2.45, 2.75) is 72.1 Å². The lowest BCUT2D eigenvalue weighted by Crippen LogP contribution is -2.60. The van der Waals surface area contributed by atoms with Crippen LogP contribution in [0, 0.1) is 17.8 Å². The molecule has 10 heteroatoms. The number of thiol groups is 1. The Bertz CT molecular complexity index is 585. The van der Waals surface area contributed by atoms with E-state index >= 15 is 0 Å². The Morgan fingerprint density at radius 1 is 0.828 bits per heavy atom. The van der Waals surface area contributed by atoms with Gasteiger partial charge in [0.25, 0.3) is 0 Å². The fourth-order valence-electron chi connectivity index (χ4n) is 2.58. The van der Waals surface area contributed by atoms with Crippen LogP contribution >= 0.6 is 12.6 Å². The molecule has 168 valence electrons. The fraction of sp³-hybridized carbons (Fsp3) is 0.789. The second-order valence-corrected chi connectivity index (χ2v) is 8.32. The molecule has 29 heavy (non-hydrogen) atoms. The van der Waals surface area contributed by atoms with Gasteiger partial charge in [0, 0.05) is 5.75 Å². The molecule has 0 saturated heterocycles. The van der Waals surface area contributed by atoms with Crippen molar-refractivity contribution in [1.29, 1.82) is 0 Å². The predicted octanol–water partition coefficient (Wildman–Crippen LogP) is 0.141. The maximum Gasteiger partial charge on any atom is 0.326 e. The van der Waals surface area contributed by atoms with E-state index < -0.39 is 47.9 Å². The zero-order chi connectivity index (χ0) is 22.9. The molecule has 0 saturated carbocycles. The van der Waals surface area contributed by atoms with Gasteiger partial charge in [-0.25, -0.2) is 4.79 Å². The Hall–Kier alpha value is -1.81. The summed E-state index contributed by atoms with van der Waals surface area (Å²) in [6.07, 6.45) is 0.584. The van der Waals surface area contributed by atoms with E-state index in [1.807, 2.05) is 6.92 Å². The van der Waals surface area contributed by atoms with E-state index in [9.17, 15) is 24.3 Å². The van der Waals surface area contributed by atoms with Gasteiger partial charge in [0.2, 0.25) is 17.7 Å². The lowest BCUT2D eigenvalue weighted by atomic mass is 9.95. The largest absolute Gasteiger partial charge is 0.480 e. The Kier molecular flexibility index (Phi) is 11.9. The summed E-state index contributed by atoms with van der Waals surface area (Å²) in [6, 6.07) is -3.76.